The first-order valence-corrected chi connectivity index (χ1v) is 9.63. The molecule has 3 aromatic rings. The summed E-state index contributed by atoms with van der Waals surface area (Å²) in [7, 11) is 1.67. The van der Waals surface area contributed by atoms with Gasteiger partial charge in [0.25, 0.3) is 0 Å². The molecule has 0 radical (unpaired) electrons. The molecule has 4 rings (SSSR count). The van der Waals surface area contributed by atoms with E-state index in [1.165, 1.54) is 17.8 Å². The molecule has 7 heteroatoms. The highest BCUT2D eigenvalue weighted by Crippen LogP contribution is 2.23. The smallest absolute Gasteiger partial charge is 0.227 e. The van der Waals surface area contributed by atoms with E-state index in [-0.39, 0.29) is 5.82 Å². The summed E-state index contributed by atoms with van der Waals surface area (Å²) in [4.78, 5) is 13.8. The van der Waals surface area contributed by atoms with Crippen LogP contribution in [0.3, 0.4) is 0 Å². The van der Waals surface area contributed by atoms with Crippen LogP contribution in [0.2, 0.25) is 0 Å². The minimum atomic E-state index is -0.282. The lowest BCUT2D eigenvalue weighted by Gasteiger charge is -2.36. The molecule has 29 heavy (non-hydrogen) atoms. The Morgan fingerprint density at radius 1 is 0.931 bits per heavy atom. The van der Waals surface area contributed by atoms with E-state index >= 15 is 0 Å². The summed E-state index contributed by atoms with van der Waals surface area (Å²) in [6, 6.07) is 16.3. The van der Waals surface area contributed by atoms with Crippen LogP contribution >= 0.6 is 0 Å². The van der Waals surface area contributed by atoms with E-state index in [0.717, 1.165) is 37.6 Å². The molecular formula is C22H24FN5O. The van der Waals surface area contributed by atoms with Crippen molar-refractivity contribution in [1.29, 1.82) is 0 Å². The number of rotatable bonds is 5. The fourth-order valence-corrected chi connectivity index (χ4v) is 3.43. The fourth-order valence-electron chi connectivity index (χ4n) is 3.43. The maximum absolute atomic E-state index is 13.4. The molecule has 1 aliphatic heterocycles. The molecule has 0 unspecified atom stereocenters. The molecule has 0 amide bonds. The predicted octanol–water partition coefficient (Wildman–Crippen LogP) is 4.00. The highest BCUT2D eigenvalue weighted by atomic mass is 19.1. The molecule has 6 nitrogen and oxygen atoms in total. The van der Waals surface area contributed by atoms with Crippen molar-refractivity contribution in [2.45, 2.75) is 6.92 Å². The van der Waals surface area contributed by atoms with E-state index < -0.39 is 0 Å². The van der Waals surface area contributed by atoms with Crippen molar-refractivity contribution in [3.05, 3.63) is 66.1 Å². The molecule has 150 valence electrons. The Bertz CT molecular complexity index is 971. The zero-order valence-electron chi connectivity index (χ0n) is 16.6. The van der Waals surface area contributed by atoms with Crippen molar-refractivity contribution in [1.82, 2.24) is 9.97 Å². The van der Waals surface area contributed by atoms with Crippen LogP contribution in [-0.4, -0.2) is 43.3 Å². The number of aryl methyl sites for hydroxylation is 1. The second-order valence-corrected chi connectivity index (χ2v) is 7.00. The van der Waals surface area contributed by atoms with Crippen molar-refractivity contribution < 1.29 is 9.13 Å². The van der Waals surface area contributed by atoms with Gasteiger partial charge in [0.05, 0.1) is 7.11 Å². The Labute approximate surface area is 170 Å². The molecular weight excluding hydrogens is 369 g/mol. The van der Waals surface area contributed by atoms with E-state index in [1.54, 1.807) is 13.2 Å². The van der Waals surface area contributed by atoms with E-state index in [4.69, 9.17) is 4.74 Å². The second-order valence-electron chi connectivity index (χ2n) is 7.00. The standard InChI is InChI=1S/C22H24FN5O/c1-16-14-21(25-18-5-3-4-17(23)15-18)26-22(24-16)28-12-10-27(11-13-28)19-6-8-20(29-2)9-7-19/h3-9,14-15H,10-13H2,1-2H3,(H,24,25,26). The maximum Gasteiger partial charge on any atom is 0.227 e. The Kier molecular flexibility index (Phi) is 5.46. The van der Waals surface area contributed by atoms with Crippen LogP contribution in [0.4, 0.5) is 27.5 Å². The van der Waals surface area contributed by atoms with Crippen LogP contribution < -0.4 is 19.9 Å². The van der Waals surface area contributed by atoms with Crippen LogP contribution in [0.25, 0.3) is 0 Å². The number of benzene rings is 2. The zero-order valence-corrected chi connectivity index (χ0v) is 16.6. The molecule has 0 aliphatic carbocycles. The normalized spacial score (nSPS) is 14.0. The number of nitrogens with one attached hydrogen (secondary N) is 1. The van der Waals surface area contributed by atoms with Crippen LogP contribution in [0.15, 0.2) is 54.6 Å². The third-order valence-corrected chi connectivity index (χ3v) is 4.94. The molecule has 2 aromatic carbocycles. The highest BCUT2D eigenvalue weighted by Gasteiger charge is 2.20. The highest BCUT2D eigenvalue weighted by molar-refractivity contribution is 5.58. The van der Waals surface area contributed by atoms with Gasteiger partial charge in [-0.1, -0.05) is 6.07 Å². The number of hydrogen-bond donors (Lipinski definition) is 1. The molecule has 1 aromatic heterocycles. The molecule has 0 atom stereocenters. The van der Waals surface area contributed by atoms with Gasteiger partial charge in [-0.15, -0.1) is 0 Å². The first kappa shape index (κ1) is 19.0. The van der Waals surface area contributed by atoms with Gasteiger partial charge in [0.15, 0.2) is 0 Å². The van der Waals surface area contributed by atoms with Crippen molar-refractivity contribution in [2.24, 2.45) is 0 Å². The number of piperazine rings is 1. The summed E-state index contributed by atoms with van der Waals surface area (Å²) in [5, 5.41) is 3.17. The number of methoxy groups -OCH3 is 1. The lowest BCUT2D eigenvalue weighted by molar-refractivity contribution is 0.415. The molecule has 0 spiro atoms. The quantitative estimate of drug-likeness (QED) is 0.707. The van der Waals surface area contributed by atoms with Gasteiger partial charge in [-0.2, -0.15) is 4.98 Å². The summed E-state index contributed by atoms with van der Waals surface area (Å²) in [6.07, 6.45) is 0. The fraction of sp³-hybridized carbons (Fsp3) is 0.273. The molecule has 1 fully saturated rings. The first-order valence-electron chi connectivity index (χ1n) is 9.63. The number of hydrogen-bond acceptors (Lipinski definition) is 6. The van der Waals surface area contributed by atoms with Crippen LogP contribution in [-0.2, 0) is 0 Å². The lowest BCUT2D eigenvalue weighted by atomic mass is 10.2. The summed E-state index contributed by atoms with van der Waals surface area (Å²) >= 11 is 0. The number of nitrogens with zero attached hydrogens (tertiary/aromatic N) is 4. The largest absolute Gasteiger partial charge is 0.497 e. The summed E-state index contributed by atoms with van der Waals surface area (Å²) in [5.74, 6) is 1.93. The average Bonchev–Trinajstić information content (AvgIpc) is 2.73. The van der Waals surface area contributed by atoms with Gasteiger partial charge in [0.2, 0.25) is 5.95 Å². The van der Waals surface area contributed by atoms with Crippen LogP contribution in [0, 0.1) is 12.7 Å². The number of ether oxygens (including phenoxy) is 1. The summed E-state index contributed by atoms with van der Waals surface area (Å²) in [6.45, 7) is 5.37. The Morgan fingerprint density at radius 3 is 2.34 bits per heavy atom. The van der Waals surface area contributed by atoms with Crippen LogP contribution in [0.1, 0.15) is 5.69 Å². The van der Waals surface area contributed by atoms with Gasteiger partial charge < -0.3 is 19.9 Å². The lowest BCUT2D eigenvalue weighted by Crippen LogP contribution is -2.47. The monoisotopic (exact) mass is 393 g/mol. The van der Waals surface area contributed by atoms with E-state index in [2.05, 4.69) is 37.2 Å². The van der Waals surface area contributed by atoms with Gasteiger partial charge in [0.1, 0.15) is 17.4 Å². The van der Waals surface area contributed by atoms with Gasteiger partial charge in [-0.3, -0.25) is 0 Å². The number of aromatic nitrogens is 2. The van der Waals surface area contributed by atoms with E-state index in [0.29, 0.717) is 17.5 Å². The molecule has 0 bridgehead atoms. The van der Waals surface area contributed by atoms with E-state index in [1.807, 2.05) is 31.2 Å². The van der Waals surface area contributed by atoms with Gasteiger partial charge in [0, 0.05) is 49.3 Å². The molecule has 0 saturated carbocycles. The SMILES string of the molecule is COc1ccc(N2CCN(c3nc(C)cc(Nc4cccc(F)c4)n3)CC2)cc1. The minimum absolute atomic E-state index is 0.282. The Hall–Kier alpha value is -3.35. The average molecular weight is 393 g/mol. The van der Waals surface area contributed by atoms with Gasteiger partial charge in [-0.05, 0) is 49.4 Å². The second kappa shape index (κ2) is 8.34. The molecule has 1 N–H and O–H groups in total. The molecule has 2 heterocycles. The minimum Gasteiger partial charge on any atom is -0.497 e. The summed E-state index contributed by atoms with van der Waals surface area (Å²) < 4.78 is 18.7. The Morgan fingerprint density at radius 2 is 1.66 bits per heavy atom. The maximum atomic E-state index is 13.4. The van der Waals surface area contributed by atoms with Crippen LogP contribution in [0.5, 0.6) is 5.75 Å². The topological polar surface area (TPSA) is 53.5 Å². The predicted molar refractivity (Wildman–Crippen MR) is 114 cm³/mol. The summed E-state index contributed by atoms with van der Waals surface area (Å²) in [5.41, 5.74) is 2.72. The van der Waals surface area contributed by atoms with Gasteiger partial charge >= 0.3 is 0 Å². The molecule has 1 aliphatic rings. The first-order chi connectivity index (χ1) is 14.1. The third-order valence-electron chi connectivity index (χ3n) is 4.94. The van der Waals surface area contributed by atoms with E-state index in [9.17, 15) is 4.39 Å². The third kappa shape index (κ3) is 4.56. The Balaban J connectivity index is 1.44. The van der Waals surface area contributed by atoms with Crippen molar-refractivity contribution in [3.63, 3.8) is 0 Å². The van der Waals surface area contributed by atoms with Gasteiger partial charge in [-0.25, -0.2) is 9.37 Å². The number of anilines is 4. The van der Waals surface area contributed by atoms with Crippen molar-refractivity contribution in [2.75, 3.05) is 48.4 Å². The zero-order chi connectivity index (χ0) is 20.2. The van der Waals surface area contributed by atoms with Crippen molar-refractivity contribution >= 4 is 23.1 Å². The van der Waals surface area contributed by atoms with Crippen molar-refractivity contribution in [3.8, 4) is 5.75 Å². The molecule has 1 saturated heterocycles. The number of halogens is 1.